The van der Waals surface area contributed by atoms with Crippen LogP contribution < -0.4 is 14.5 Å². The molecule has 2 aromatic carbocycles. The summed E-state index contributed by atoms with van der Waals surface area (Å²) in [6.07, 6.45) is -2.92. The van der Waals surface area contributed by atoms with Crippen LogP contribution in [-0.4, -0.2) is 29.2 Å². The third-order valence-electron chi connectivity index (χ3n) is 5.70. The van der Waals surface area contributed by atoms with Gasteiger partial charge in [-0.15, -0.1) is 0 Å². The lowest BCUT2D eigenvalue weighted by molar-refractivity contribution is -0.138. The zero-order valence-electron chi connectivity index (χ0n) is 19.3. The fraction of sp³-hybridized carbons (Fsp3) is 0.231. The SMILES string of the molecule is N#Cc1ncc(N2C(=O)CCCN(c3ccc(F)c(OCCc4ccccc4)c3)C2=S)cc1C(F)(F)F. The zero-order chi connectivity index (χ0) is 26.6. The number of nitriles is 1. The smallest absolute Gasteiger partial charge is 0.419 e. The Balaban J connectivity index is 1.61. The number of anilines is 2. The van der Waals surface area contributed by atoms with Crippen LogP contribution in [0.1, 0.15) is 29.7 Å². The van der Waals surface area contributed by atoms with E-state index >= 15 is 0 Å². The van der Waals surface area contributed by atoms with Gasteiger partial charge in [0.2, 0.25) is 5.91 Å². The summed E-state index contributed by atoms with van der Waals surface area (Å²) in [4.78, 5) is 19.0. The molecule has 190 valence electrons. The van der Waals surface area contributed by atoms with E-state index in [2.05, 4.69) is 4.98 Å². The second kappa shape index (κ2) is 10.9. The number of ether oxygens (including phenoxy) is 1. The number of hydrogen-bond donors (Lipinski definition) is 0. The Bertz CT molecular complexity index is 1360. The summed E-state index contributed by atoms with van der Waals surface area (Å²) in [5, 5.41) is 8.93. The number of halogens is 4. The number of alkyl halides is 3. The molecule has 0 unspecified atom stereocenters. The van der Waals surface area contributed by atoms with E-state index < -0.39 is 29.2 Å². The van der Waals surface area contributed by atoms with Crippen molar-refractivity contribution in [3.63, 3.8) is 0 Å². The van der Waals surface area contributed by atoms with Gasteiger partial charge in [0.05, 0.1) is 24.1 Å². The first-order valence-electron chi connectivity index (χ1n) is 11.3. The Kier molecular flexibility index (Phi) is 7.69. The Morgan fingerprint density at radius 3 is 2.57 bits per heavy atom. The highest BCUT2D eigenvalue weighted by atomic mass is 32.1. The quantitative estimate of drug-likeness (QED) is 0.304. The molecule has 1 aromatic heterocycles. The van der Waals surface area contributed by atoms with Crippen LogP contribution in [0.3, 0.4) is 0 Å². The predicted molar refractivity (Wildman–Crippen MR) is 133 cm³/mol. The van der Waals surface area contributed by atoms with Gasteiger partial charge in [-0.1, -0.05) is 30.3 Å². The fourth-order valence-corrected chi connectivity index (χ4v) is 4.30. The summed E-state index contributed by atoms with van der Waals surface area (Å²) in [7, 11) is 0. The van der Waals surface area contributed by atoms with Crippen LogP contribution in [0, 0.1) is 17.1 Å². The normalized spacial score (nSPS) is 14.4. The molecule has 0 atom stereocenters. The van der Waals surface area contributed by atoms with E-state index in [4.69, 9.17) is 22.2 Å². The molecule has 11 heteroatoms. The van der Waals surface area contributed by atoms with E-state index in [1.165, 1.54) is 29.2 Å². The molecule has 1 saturated heterocycles. The molecule has 6 nitrogen and oxygen atoms in total. The standard InChI is InChI=1S/C26H20F4N4O2S/c27-21-9-8-18(14-23(21)36-12-10-17-5-2-1-3-6-17)33-11-4-7-24(35)34(25(33)37)19-13-20(26(28,29)30)22(15-31)32-16-19/h1-3,5-6,8-9,13-14,16H,4,7,10-12H2. The van der Waals surface area contributed by atoms with E-state index in [1.54, 1.807) is 0 Å². The third kappa shape index (κ3) is 5.86. The average molecular weight is 529 g/mol. The Morgan fingerprint density at radius 2 is 1.86 bits per heavy atom. The summed E-state index contributed by atoms with van der Waals surface area (Å²) in [6, 6.07) is 15.7. The van der Waals surface area contributed by atoms with Crippen molar-refractivity contribution in [2.24, 2.45) is 0 Å². The first kappa shape index (κ1) is 26.0. The molecule has 0 bridgehead atoms. The Labute approximate surface area is 215 Å². The van der Waals surface area contributed by atoms with Crippen LogP contribution in [0.5, 0.6) is 5.75 Å². The number of thiocarbonyl (C=S) groups is 1. The lowest BCUT2D eigenvalue weighted by atomic mass is 10.1. The highest BCUT2D eigenvalue weighted by Crippen LogP contribution is 2.35. The van der Waals surface area contributed by atoms with Crippen molar-refractivity contribution in [2.45, 2.75) is 25.4 Å². The van der Waals surface area contributed by atoms with Crippen LogP contribution in [0.25, 0.3) is 0 Å². The monoisotopic (exact) mass is 528 g/mol. The largest absolute Gasteiger partial charge is 0.490 e. The maximum atomic E-state index is 14.5. The summed E-state index contributed by atoms with van der Waals surface area (Å²) in [5.41, 5.74) is -0.851. The maximum absolute atomic E-state index is 14.5. The van der Waals surface area contributed by atoms with Crippen molar-refractivity contribution in [1.29, 1.82) is 5.26 Å². The van der Waals surface area contributed by atoms with Crippen LogP contribution in [0.15, 0.2) is 60.8 Å². The number of nitrogens with zero attached hydrogens (tertiary/aromatic N) is 4. The predicted octanol–water partition coefficient (Wildman–Crippen LogP) is 5.65. The minimum atomic E-state index is -4.85. The maximum Gasteiger partial charge on any atom is 0.419 e. The van der Waals surface area contributed by atoms with E-state index in [0.29, 0.717) is 24.6 Å². The van der Waals surface area contributed by atoms with Gasteiger partial charge in [0.25, 0.3) is 0 Å². The van der Waals surface area contributed by atoms with Crippen molar-refractivity contribution in [3.8, 4) is 11.8 Å². The number of amides is 1. The molecule has 1 amide bonds. The summed E-state index contributed by atoms with van der Waals surface area (Å²) >= 11 is 5.52. The van der Waals surface area contributed by atoms with Crippen LogP contribution in [0.4, 0.5) is 28.9 Å². The molecule has 2 heterocycles. The van der Waals surface area contributed by atoms with E-state index in [-0.39, 0.29) is 36.1 Å². The first-order valence-corrected chi connectivity index (χ1v) is 11.7. The molecule has 0 N–H and O–H groups in total. The van der Waals surface area contributed by atoms with Crippen LogP contribution >= 0.6 is 12.2 Å². The van der Waals surface area contributed by atoms with Gasteiger partial charge >= 0.3 is 6.18 Å². The van der Waals surface area contributed by atoms with Gasteiger partial charge in [-0.2, -0.15) is 18.4 Å². The van der Waals surface area contributed by atoms with Gasteiger partial charge in [0.15, 0.2) is 22.4 Å². The number of pyridine rings is 1. The second-order valence-electron chi connectivity index (χ2n) is 8.16. The molecule has 1 fully saturated rings. The lowest BCUT2D eigenvalue weighted by Gasteiger charge is -2.30. The number of carbonyl (C=O) groups excluding carboxylic acids is 1. The molecule has 1 aliphatic heterocycles. The molecule has 3 aromatic rings. The number of hydrogen-bond acceptors (Lipinski definition) is 5. The fourth-order valence-electron chi connectivity index (χ4n) is 3.89. The average Bonchev–Trinajstić information content (AvgIpc) is 3.02. The highest BCUT2D eigenvalue weighted by molar-refractivity contribution is 7.81. The zero-order valence-corrected chi connectivity index (χ0v) is 20.2. The molecule has 0 aliphatic carbocycles. The van der Waals surface area contributed by atoms with Gasteiger partial charge in [0.1, 0.15) is 6.07 Å². The summed E-state index contributed by atoms with van der Waals surface area (Å²) in [6.45, 7) is 0.489. The van der Waals surface area contributed by atoms with Crippen molar-refractivity contribution >= 4 is 34.6 Å². The minimum Gasteiger partial charge on any atom is -0.490 e. The minimum absolute atomic E-state index is 0.0135. The molecule has 0 saturated carbocycles. The third-order valence-corrected chi connectivity index (χ3v) is 6.11. The first-order chi connectivity index (χ1) is 17.7. The summed E-state index contributed by atoms with van der Waals surface area (Å²) in [5.74, 6) is -1.12. The Morgan fingerprint density at radius 1 is 1.11 bits per heavy atom. The van der Waals surface area contributed by atoms with Crippen molar-refractivity contribution in [1.82, 2.24) is 4.98 Å². The Hall–Kier alpha value is -4.04. The van der Waals surface area contributed by atoms with E-state index in [0.717, 1.165) is 16.7 Å². The van der Waals surface area contributed by atoms with E-state index in [1.807, 2.05) is 30.3 Å². The molecule has 0 radical (unpaired) electrons. The number of benzene rings is 2. The van der Waals surface area contributed by atoms with Gasteiger partial charge in [-0.3, -0.25) is 9.69 Å². The van der Waals surface area contributed by atoms with Gasteiger partial charge in [-0.25, -0.2) is 9.37 Å². The number of rotatable bonds is 6. The topological polar surface area (TPSA) is 69.5 Å². The van der Waals surface area contributed by atoms with Gasteiger partial charge in [0, 0.05) is 31.1 Å². The number of aromatic nitrogens is 1. The van der Waals surface area contributed by atoms with Gasteiger partial charge < -0.3 is 9.64 Å². The van der Waals surface area contributed by atoms with Crippen molar-refractivity contribution in [2.75, 3.05) is 23.0 Å². The summed E-state index contributed by atoms with van der Waals surface area (Å²) < 4.78 is 60.7. The highest BCUT2D eigenvalue weighted by Gasteiger charge is 2.37. The molecule has 4 rings (SSSR count). The van der Waals surface area contributed by atoms with Gasteiger partial charge in [-0.05, 0) is 42.4 Å². The van der Waals surface area contributed by atoms with Crippen molar-refractivity contribution in [3.05, 3.63) is 83.4 Å². The van der Waals surface area contributed by atoms with Crippen molar-refractivity contribution < 1.29 is 27.1 Å². The van der Waals surface area contributed by atoms with Crippen LogP contribution in [-0.2, 0) is 17.4 Å². The van der Waals surface area contributed by atoms with E-state index in [9.17, 15) is 22.4 Å². The van der Waals surface area contributed by atoms with Crippen LogP contribution in [0.2, 0.25) is 0 Å². The number of carbonyl (C=O) groups is 1. The molecule has 37 heavy (non-hydrogen) atoms. The second-order valence-corrected chi connectivity index (χ2v) is 8.53. The molecule has 1 aliphatic rings. The lowest BCUT2D eigenvalue weighted by Crippen LogP contribution is -2.44. The molecular weight excluding hydrogens is 508 g/mol. The molecular formula is C26H20F4N4O2S. The molecule has 0 spiro atoms.